The number of carbonyl (C=O) groups is 1. The van der Waals surface area contributed by atoms with Crippen LogP contribution in [0.2, 0.25) is 5.02 Å². The van der Waals surface area contributed by atoms with Crippen molar-refractivity contribution in [3.8, 4) is 23.3 Å². The van der Waals surface area contributed by atoms with Crippen LogP contribution in [0.1, 0.15) is 25.0 Å². The van der Waals surface area contributed by atoms with Crippen molar-refractivity contribution in [2.45, 2.75) is 25.1 Å². The van der Waals surface area contributed by atoms with E-state index in [0.717, 1.165) is 17.4 Å². The predicted octanol–water partition coefficient (Wildman–Crippen LogP) is 2.79. The molecule has 3 N–H and O–H groups in total. The lowest BCUT2D eigenvalue weighted by Gasteiger charge is -2.30. The molecule has 33 heavy (non-hydrogen) atoms. The fraction of sp³-hybridized carbons (Fsp3) is 0.375. The number of ether oxygens (including phenoxy) is 2. The van der Waals surface area contributed by atoms with Crippen molar-refractivity contribution < 1.29 is 22.7 Å². The van der Waals surface area contributed by atoms with Crippen LogP contribution in [-0.4, -0.2) is 45.7 Å². The van der Waals surface area contributed by atoms with Crippen LogP contribution in [0.5, 0.6) is 11.5 Å². The van der Waals surface area contributed by atoms with Gasteiger partial charge in [0.25, 0.3) is 5.91 Å². The van der Waals surface area contributed by atoms with E-state index in [2.05, 4.69) is 17.2 Å². The van der Waals surface area contributed by atoms with Gasteiger partial charge in [-0.15, -0.1) is 0 Å². The first kappa shape index (κ1) is 26.5. The number of hydrogen-bond acceptors (Lipinski definition) is 6. The molecule has 2 rings (SSSR count). The number of nitrogens with one attached hydrogen (secondary N) is 1. The van der Waals surface area contributed by atoms with Crippen LogP contribution in [0.4, 0.5) is 0 Å². The molecule has 1 amide bonds. The molecule has 178 valence electrons. The normalized spacial score (nSPS) is 12.9. The van der Waals surface area contributed by atoms with Crippen LogP contribution < -0.4 is 20.5 Å². The van der Waals surface area contributed by atoms with E-state index < -0.39 is 26.5 Å². The second-order valence-corrected chi connectivity index (χ2v) is 10.5. The standard InChI is InChI=1S/C24H29ClN2O5S/c1-17(2)24(26,33(4,29)30)23(28)27-14-13-19-9-12-21(22(16-19)31-3)32-15-5-6-18-7-10-20(25)11-8-18/h7-12,16-17H,13-15,26H2,1-4H3,(H,27,28). The number of benzene rings is 2. The van der Waals surface area contributed by atoms with E-state index in [4.69, 9.17) is 26.8 Å². The summed E-state index contributed by atoms with van der Waals surface area (Å²) in [6.45, 7) is 3.59. The maximum Gasteiger partial charge on any atom is 0.256 e. The Morgan fingerprint density at radius 2 is 1.85 bits per heavy atom. The Balaban J connectivity index is 1.96. The van der Waals surface area contributed by atoms with Crippen molar-refractivity contribution >= 4 is 27.3 Å². The van der Waals surface area contributed by atoms with E-state index in [0.29, 0.717) is 22.9 Å². The molecular weight excluding hydrogens is 464 g/mol. The Bertz CT molecular complexity index is 1140. The number of carbonyl (C=O) groups excluding carboxylic acids is 1. The van der Waals surface area contributed by atoms with Gasteiger partial charge in [-0.1, -0.05) is 43.4 Å². The highest BCUT2D eigenvalue weighted by Gasteiger charge is 2.47. The Morgan fingerprint density at radius 1 is 1.18 bits per heavy atom. The Kier molecular flexibility index (Phi) is 9.17. The molecule has 0 fully saturated rings. The number of methoxy groups -OCH3 is 1. The summed E-state index contributed by atoms with van der Waals surface area (Å²) >= 11 is 5.86. The van der Waals surface area contributed by atoms with Gasteiger partial charge in [0.2, 0.25) is 0 Å². The highest BCUT2D eigenvalue weighted by molar-refractivity contribution is 7.92. The number of nitrogens with two attached hydrogens (primary N) is 1. The van der Waals surface area contributed by atoms with Gasteiger partial charge in [0, 0.05) is 23.4 Å². The van der Waals surface area contributed by atoms with Gasteiger partial charge < -0.3 is 20.5 Å². The van der Waals surface area contributed by atoms with Crippen LogP contribution >= 0.6 is 11.6 Å². The van der Waals surface area contributed by atoms with E-state index in [1.54, 1.807) is 38.1 Å². The van der Waals surface area contributed by atoms with Crippen LogP contribution in [-0.2, 0) is 21.1 Å². The molecular formula is C24H29ClN2O5S. The van der Waals surface area contributed by atoms with Crippen molar-refractivity contribution in [2.24, 2.45) is 11.7 Å². The van der Waals surface area contributed by atoms with Gasteiger partial charge in [-0.2, -0.15) is 0 Å². The molecule has 0 saturated heterocycles. The first-order valence-corrected chi connectivity index (χ1v) is 12.6. The molecule has 2 aromatic carbocycles. The third-order valence-electron chi connectivity index (χ3n) is 5.13. The Morgan fingerprint density at radius 3 is 2.42 bits per heavy atom. The van der Waals surface area contributed by atoms with E-state index >= 15 is 0 Å². The summed E-state index contributed by atoms with van der Waals surface area (Å²) in [6.07, 6.45) is 1.42. The molecule has 9 heteroatoms. The predicted molar refractivity (Wildman–Crippen MR) is 130 cm³/mol. The van der Waals surface area contributed by atoms with Crippen molar-refractivity contribution in [3.05, 3.63) is 58.6 Å². The first-order chi connectivity index (χ1) is 15.5. The molecule has 0 bridgehead atoms. The van der Waals surface area contributed by atoms with Crippen LogP contribution in [0.3, 0.4) is 0 Å². The average molecular weight is 493 g/mol. The number of amides is 1. The SMILES string of the molecule is COc1cc(CCNC(=O)C(N)(C(C)C)S(C)(=O)=O)ccc1OCC#Cc1ccc(Cl)cc1. The van der Waals surface area contributed by atoms with E-state index in [-0.39, 0.29) is 13.2 Å². The number of halogens is 1. The van der Waals surface area contributed by atoms with Gasteiger partial charge in [0.1, 0.15) is 6.61 Å². The summed E-state index contributed by atoms with van der Waals surface area (Å²) < 4.78 is 35.2. The number of sulfone groups is 1. The topological polar surface area (TPSA) is 108 Å². The minimum absolute atomic E-state index is 0.174. The molecule has 0 radical (unpaired) electrons. The summed E-state index contributed by atoms with van der Waals surface area (Å²) in [5, 5.41) is 3.28. The highest BCUT2D eigenvalue weighted by atomic mass is 35.5. The van der Waals surface area contributed by atoms with Gasteiger partial charge in [0.05, 0.1) is 7.11 Å². The number of hydrogen-bond donors (Lipinski definition) is 2. The average Bonchev–Trinajstić information content (AvgIpc) is 2.76. The zero-order valence-electron chi connectivity index (χ0n) is 19.1. The molecule has 0 aliphatic rings. The van der Waals surface area contributed by atoms with Crippen LogP contribution in [0.15, 0.2) is 42.5 Å². The van der Waals surface area contributed by atoms with Crippen molar-refractivity contribution in [2.75, 3.05) is 26.5 Å². The zero-order valence-corrected chi connectivity index (χ0v) is 20.7. The summed E-state index contributed by atoms with van der Waals surface area (Å²) in [4.78, 5) is 10.5. The summed E-state index contributed by atoms with van der Waals surface area (Å²) in [5.41, 5.74) is 7.66. The van der Waals surface area contributed by atoms with Crippen molar-refractivity contribution in [3.63, 3.8) is 0 Å². The van der Waals surface area contributed by atoms with Crippen LogP contribution in [0, 0.1) is 17.8 Å². The smallest absolute Gasteiger partial charge is 0.256 e. The summed E-state index contributed by atoms with van der Waals surface area (Å²) in [5.74, 6) is 5.70. The quantitative estimate of drug-likeness (QED) is 0.521. The fourth-order valence-corrected chi connectivity index (χ4v) is 4.48. The molecule has 2 aromatic rings. The monoisotopic (exact) mass is 492 g/mol. The maximum absolute atomic E-state index is 12.5. The van der Waals surface area contributed by atoms with Crippen molar-refractivity contribution in [1.29, 1.82) is 0 Å². The Hall–Kier alpha value is -2.73. The Labute approximate surface area is 200 Å². The largest absolute Gasteiger partial charge is 0.493 e. The molecule has 0 aliphatic carbocycles. The van der Waals surface area contributed by atoms with E-state index in [1.807, 2.05) is 18.2 Å². The maximum atomic E-state index is 12.5. The van der Waals surface area contributed by atoms with E-state index in [1.165, 1.54) is 7.11 Å². The molecule has 0 aliphatic heterocycles. The second-order valence-electron chi connectivity index (χ2n) is 7.81. The molecule has 0 heterocycles. The summed E-state index contributed by atoms with van der Waals surface area (Å²) in [6, 6.07) is 12.6. The molecule has 1 unspecified atom stereocenters. The van der Waals surface area contributed by atoms with Gasteiger partial charge in [0.15, 0.2) is 26.2 Å². The van der Waals surface area contributed by atoms with Crippen molar-refractivity contribution in [1.82, 2.24) is 5.32 Å². The second kappa shape index (κ2) is 11.4. The van der Waals surface area contributed by atoms with Gasteiger partial charge in [-0.3, -0.25) is 4.79 Å². The molecule has 0 spiro atoms. The molecule has 0 aromatic heterocycles. The third kappa shape index (κ3) is 6.87. The molecule has 1 atom stereocenters. The first-order valence-electron chi connectivity index (χ1n) is 10.3. The molecule has 0 saturated carbocycles. The highest BCUT2D eigenvalue weighted by Crippen LogP contribution is 2.28. The van der Waals surface area contributed by atoms with E-state index in [9.17, 15) is 13.2 Å². The minimum atomic E-state index is -3.79. The lowest BCUT2D eigenvalue weighted by atomic mass is 10.0. The van der Waals surface area contributed by atoms with Crippen LogP contribution in [0.25, 0.3) is 0 Å². The summed E-state index contributed by atoms with van der Waals surface area (Å²) in [7, 11) is -2.26. The van der Waals surface area contributed by atoms with Gasteiger partial charge in [-0.25, -0.2) is 8.42 Å². The zero-order chi connectivity index (χ0) is 24.6. The van der Waals surface area contributed by atoms with Gasteiger partial charge >= 0.3 is 0 Å². The molecule has 7 nitrogen and oxygen atoms in total. The fourth-order valence-electron chi connectivity index (χ4n) is 3.09. The lowest BCUT2D eigenvalue weighted by Crippen LogP contribution is -2.62. The lowest BCUT2D eigenvalue weighted by molar-refractivity contribution is -0.124. The van der Waals surface area contributed by atoms with Gasteiger partial charge in [-0.05, 0) is 54.3 Å². The third-order valence-corrected chi connectivity index (χ3v) is 7.27. The number of rotatable bonds is 9. The minimum Gasteiger partial charge on any atom is -0.493 e.